The fourth-order valence-electron chi connectivity index (χ4n) is 3.07. The predicted molar refractivity (Wildman–Crippen MR) is 107 cm³/mol. The molecule has 2 aromatic carbocycles. The van der Waals surface area contributed by atoms with Gasteiger partial charge in [-0.1, -0.05) is 11.8 Å². The van der Waals surface area contributed by atoms with Gasteiger partial charge in [0, 0.05) is 29.5 Å². The second kappa shape index (κ2) is 10.3. The highest BCUT2D eigenvalue weighted by atomic mass is 32.2. The Hall–Kier alpha value is -2.49. The van der Waals surface area contributed by atoms with Crippen LogP contribution < -0.4 is 10.2 Å². The van der Waals surface area contributed by atoms with Crippen molar-refractivity contribution in [1.82, 2.24) is 5.32 Å². The lowest BCUT2D eigenvalue weighted by atomic mass is 10.2. The molecule has 0 saturated carbocycles. The van der Waals surface area contributed by atoms with Crippen molar-refractivity contribution in [3.63, 3.8) is 0 Å². The van der Waals surface area contributed by atoms with E-state index >= 15 is 0 Å². The molecule has 1 saturated heterocycles. The zero-order valence-electron chi connectivity index (χ0n) is 15.9. The van der Waals surface area contributed by atoms with Crippen LogP contribution in [0.1, 0.15) is 16.8 Å². The maximum atomic E-state index is 13.0. The number of carbonyl (C=O) groups is 1. The minimum atomic E-state index is -0.510. The van der Waals surface area contributed by atoms with Gasteiger partial charge < -0.3 is 15.0 Å². The third kappa shape index (κ3) is 6.25. The number of ether oxygens (including phenoxy) is 1. The molecule has 154 valence electrons. The number of rotatable bonds is 8. The van der Waals surface area contributed by atoms with Gasteiger partial charge in [-0.3, -0.25) is 14.9 Å². The molecule has 0 spiro atoms. The van der Waals surface area contributed by atoms with Gasteiger partial charge in [-0.25, -0.2) is 4.39 Å². The Bertz CT molecular complexity index is 857. The monoisotopic (exact) mass is 420 g/mol. The van der Waals surface area contributed by atoms with E-state index in [1.54, 1.807) is 24.3 Å². The van der Waals surface area contributed by atoms with Gasteiger partial charge in [0.2, 0.25) is 0 Å². The van der Waals surface area contributed by atoms with Gasteiger partial charge in [-0.2, -0.15) is 0 Å². The van der Waals surface area contributed by atoms with E-state index in [1.165, 1.54) is 23.1 Å². The first-order valence-electron chi connectivity index (χ1n) is 9.44. The summed E-state index contributed by atoms with van der Waals surface area (Å²) in [4.78, 5) is 25.9. The highest BCUT2D eigenvalue weighted by Gasteiger charge is 2.19. The van der Waals surface area contributed by atoms with Crippen molar-refractivity contribution in [2.45, 2.75) is 16.2 Å². The summed E-state index contributed by atoms with van der Waals surface area (Å²) in [6.45, 7) is 4.97. The average Bonchev–Trinajstić information content (AvgIpc) is 2.73. The Labute approximate surface area is 172 Å². The summed E-state index contributed by atoms with van der Waals surface area (Å²) in [5.74, 6) is -0.700. The molecular formula is C20H23FN3O4S+. The number of hydrogen-bond acceptors (Lipinski definition) is 5. The fourth-order valence-corrected chi connectivity index (χ4v) is 3.97. The average molecular weight is 420 g/mol. The summed E-state index contributed by atoms with van der Waals surface area (Å²) in [5, 5.41) is 14.3. The van der Waals surface area contributed by atoms with Crippen molar-refractivity contribution >= 4 is 23.4 Å². The number of nitro groups is 1. The molecule has 0 aliphatic carbocycles. The predicted octanol–water partition coefficient (Wildman–Crippen LogP) is 1.92. The normalized spacial score (nSPS) is 14.5. The Morgan fingerprint density at radius 2 is 1.93 bits per heavy atom. The van der Waals surface area contributed by atoms with E-state index in [2.05, 4.69) is 5.32 Å². The topological polar surface area (TPSA) is 85.9 Å². The first-order valence-corrected chi connectivity index (χ1v) is 10.3. The molecular weight excluding hydrogens is 397 g/mol. The third-order valence-electron chi connectivity index (χ3n) is 4.65. The molecule has 1 aliphatic heterocycles. The number of nitrogens with zero attached hydrogens (tertiary/aromatic N) is 1. The lowest BCUT2D eigenvalue weighted by molar-refractivity contribution is -0.908. The Morgan fingerprint density at radius 3 is 2.62 bits per heavy atom. The molecule has 1 amide bonds. The molecule has 1 heterocycles. The zero-order chi connectivity index (χ0) is 20.6. The minimum absolute atomic E-state index is 0.148. The number of carbonyl (C=O) groups excluding carboxylic acids is 1. The summed E-state index contributed by atoms with van der Waals surface area (Å²) in [7, 11) is 0. The first kappa shape index (κ1) is 21.2. The SMILES string of the molecule is O=C(NCCC[NH+]1CCOCC1)c1ccc(Sc2ccc(F)cc2)c([N+](=O)[O-])c1. The zero-order valence-corrected chi connectivity index (χ0v) is 16.7. The number of nitro benzene ring substituents is 1. The standard InChI is InChI=1S/C20H22FN3O4S/c21-16-3-5-17(6-4-16)29-19-7-2-15(14-18(19)24(26)27)20(25)22-8-1-9-23-10-12-28-13-11-23/h2-7,14H,1,8-13H2,(H,22,25)/p+1. The van der Waals surface area contributed by atoms with Crippen LogP contribution in [0.15, 0.2) is 52.3 Å². The van der Waals surface area contributed by atoms with Gasteiger partial charge in [0.25, 0.3) is 11.6 Å². The molecule has 0 bridgehead atoms. The maximum Gasteiger partial charge on any atom is 0.284 e. The summed E-state index contributed by atoms with van der Waals surface area (Å²) in [6, 6.07) is 10.1. The van der Waals surface area contributed by atoms with E-state index in [1.807, 2.05) is 0 Å². The first-order chi connectivity index (χ1) is 14.0. The molecule has 2 aromatic rings. The molecule has 29 heavy (non-hydrogen) atoms. The third-order valence-corrected chi connectivity index (χ3v) is 5.72. The number of nitrogens with one attached hydrogen (secondary N) is 2. The van der Waals surface area contributed by atoms with Crippen LogP contribution in [0.2, 0.25) is 0 Å². The Kier molecular flexibility index (Phi) is 7.56. The second-order valence-corrected chi connectivity index (χ2v) is 7.83. The van der Waals surface area contributed by atoms with Gasteiger partial charge in [0.1, 0.15) is 18.9 Å². The van der Waals surface area contributed by atoms with Crippen molar-refractivity contribution in [2.75, 3.05) is 39.4 Å². The van der Waals surface area contributed by atoms with Crippen LogP contribution in [0.4, 0.5) is 10.1 Å². The summed E-state index contributed by atoms with van der Waals surface area (Å²) >= 11 is 1.16. The number of hydrogen-bond donors (Lipinski definition) is 2. The van der Waals surface area contributed by atoms with Crippen LogP contribution in [0.5, 0.6) is 0 Å². The van der Waals surface area contributed by atoms with Crippen molar-refractivity contribution in [3.05, 3.63) is 64.0 Å². The summed E-state index contributed by atoms with van der Waals surface area (Å²) in [5.41, 5.74) is 0.101. The van der Waals surface area contributed by atoms with Gasteiger partial charge in [0.15, 0.2) is 0 Å². The second-order valence-electron chi connectivity index (χ2n) is 6.72. The van der Waals surface area contributed by atoms with Gasteiger partial charge in [0.05, 0.1) is 29.6 Å². The van der Waals surface area contributed by atoms with E-state index in [0.29, 0.717) is 16.3 Å². The van der Waals surface area contributed by atoms with Gasteiger partial charge in [-0.15, -0.1) is 0 Å². The van der Waals surface area contributed by atoms with Gasteiger partial charge >= 0.3 is 0 Å². The lowest BCUT2D eigenvalue weighted by Gasteiger charge is -2.23. The Balaban J connectivity index is 1.58. The quantitative estimate of drug-likeness (QED) is 0.387. The number of quaternary nitrogens is 1. The van der Waals surface area contributed by atoms with Crippen molar-refractivity contribution in [1.29, 1.82) is 0 Å². The van der Waals surface area contributed by atoms with Crippen LogP contribution >= 0.6 is 11.8 Å². The molecule has 3 rings (SSSR count). The largest absolute Gasteiger partial charge is 0.370 e. The fraction of sp³-hybridized carbons (Fsp3) is 0.350. The van der Waals surface area contributed by atoms with Crippen molar-refractivity contribution in [3.8, 4) is 0 Å². The number of morpholine rings is 1. The molecule has 9 heteroatoms. The number of benzene rings is 2. The minimum Gasteiger partial charge on any atom is -0.370 e. The van der Waals surface area contributed by atoms with Crippen LogP contribution in [-0.2, 0) is 4.74 Å². The van der Waals surface area contributed by atoms with Gasteiger partial charge in [-0.05, 0) is 36.4 Å². The number of amides is 1. The molecule has 2 N–H and O–H groups in total. The van der Waals surface area contributed by atoms with Crippen LogP contribution in [0, 0.1) is 15.9 Å². The number of halogens is 1. The molecule has 0 unspecified atom stereocenters. The van der Waals surface area contributed by atoms with Crippen LogP contribution in [0.3, 0.4) is 0 Å². The molecule has 7 nitrogen and oxygen atoms in total. The smallest absolute Gasteiger partial charge is 0.284 e. The van der Waals surface area contributed by atoms with E-state index in [-0.39, 0.29) is 23.0 Å². The Morgan fingerprint density at radius 1 is 1.21 bits per heavy atom. The summed E-state index contributed by atoms with van der Waals surface area (Å²) < 4.78 is 18.4. The van der Waals surface area contributed by atoms with Crippen LogP contribution in [-0.4, -0.2) is 50.2 Å². The van der Waals surface area contributed by atoms with E-state index < -0.39 is 4.92 Å². The van der Waals surface area contributed by atoms with E-state index in [9.17, 15) is 19.3 Å². The lowest BCUT2D eigenvalue weighted by Crippen LogP contribution is -3.14. The van der Waals surface area contributed by atoms with E-state index in [4.69, 9.17) is 4.74 Å². The highest BCUT2D eigenvalue weighted by Crippen LogP contribution is 2.35. The molecule has 0 radical (unpaired) electrons. The van der Waals surface area contributed by atoms with Crippen molar-refractivity contribution < 1.29 is 23.7 Å². The molecule has 1 fully saturated rings. The molecule has 0 aromatic heterocycles. The molecule has 1 aliphatic rings. The molecule has 0 atom stereocenters. The highest BCUT2D eigenvalue weighted by molar-refractivity contribution is 7.99. The summed E-state index contributed by atoms with van der Waals surface area (Å²) in [6.07, 6.45) is 0.835. The van der Waals surface area contributed by atoms with E-state index in [0.717, 1.165) is 51.0 Å². The maximum absolute atomic E-state index is 13.0. The van der Waals surface area contributed by atoms with Crippen LogP contribution in [0.25, 0.3) is 0 Å². The van der Waals surface area contributed by atoms with Crippen molar-refractivity contribution in [2.24, 2.45) is 0 Å².